The van der Waals surface area contributed by atoms with Crippen molar-refractivity contribution in [2.24, 2.45) is 0 Å². The molecule has 5 nitrogen and oxygen atoms in total. The van der Waals surface area contributed by atoms with Crippen LogP contribution in [0.25, 0.3) is 0 Å². The molecule has 0 radical (unpaired) electrons. The van der Waals surface area contributed by atoms with Gasteiger partial charge in [0.05, 0.1) is 17.5 Å². The Labute approximate surface area is 108 Å². The fourth-order valence-electron chi connectivity index (χ4n) is 1.98. The van der Waals surface area contributed by atoms with E-state index in [1.54, 1.807) is 0 Å². The fourth-order valence-corrected chi connectivity index (χ4v) is 2.15. The van der Waals surface area contributed by atoms with Crippen molar-refractivity contribution in [1.29, 1.82) is 0 Å². The second-order valence-corrected chi connectivity index (χ2v) is 4.55. The normalized spacial score (nSPS) is 15.8. The van der Waals surface area contributed by atoms with Crippen molar-refractivity contribution >= 4 is 29.4 Å². The number of rotatable bonds is 3. The van der Waals surface area contributed by atoms with Crippen molar-refractivity contribution in [2.45, 2.75) is 19.4 Å². The predicted molar refractivity (Wildman–Crippen MR) is 63.7 cm³/mol. The van der Waals surface area contributed by atoms with Gasteiger partial charge in [0.2, 0.25) is 0 Å². The molecule has 1 heterocycles. The lowest BCUT2D eigenvalue weighted by atomic mass is 10.1. The number of hydrogen-bond acceptors (Lipinski definition) is 3. The Morgan fingerprint density at radius 1 is 1.33 bits per heavy atom. The lowest BCUT2D eigenvalue weighted by molar-refractivity contribution is -0.137. The minimum absolute atomic E-state index is 0.227. The monoisotopic (exact) mass is 267 g/mol. The topological polar surface area (TPSA) is 74.7 Å². The van der Waals surface area contributed by atoms with Gasteiger partial charge in [0.25, 0.3) is 11.8 Å². The average molecular weight is 268 g/mol. The molecule has 1 atom stereocenters. The molecule has 0 saturated heterocycles. The first-order valence-corrected chi connectivity index (χ1v) is 5.69. The smallest absolute Gasteiger partial charge is 0.305 e. The molecule has 1 unspecified atom stereocenters. The van der Waals surface area contributed by atoms with Crippen LogP contribution in [0.15, 0.2) is 18.2 Å². The van der Waals surface area contributed by atoms with Crippen LogP contribution in [-0.2, 0) is 4.79 Å². The maximum absolute atomic E-state index is 12.0. The molecule has 1 aliphatic heterocycles. The third-order valence-corrected chi connectivity index (χ3v) is 3.03. The van der Waals surface area contributed by atoms with Crippen LogP contribution in [0.5, 0.6) is 0 Å². The van der Waals surface area contributed by atoms with Gasteiger partial charge in [-0.25, -0.2) is 0 Å². The van der Waals surface area contributed by atoms with Gasteiger partial charge in [-0.2, -0.15) is 0 Å². The minimum Gasteiger partial charge on any atom is -0.481 e. The van der Waals surface area contributed by atoms with E-state index in [9.17, 15) is 14.4 Å². The largest absolute Gasteiger partial charge is 0.481 e. The van der Waals surface area contributed by atoms with Gasteiger partial charge >= 0.3 is 5.97 Å². The van der Waals surface area contributed by atoms with Crippen LogP contribution >= 0.6 is 11.6 Å². The van der Waals surface area contributed by atoms with Gasteiger partial charge in [-0.3, -0.25) is 19.3 Å². The van der Waals surface area contributed by atoms with E-state index in [-0.39, 0.29) is 17.5 Å². The highest BCUT2D eigenvalue weighted by Crippen LogP contribution is 2.27. The van der Waals surface area contributed by atoms with E-state index in [1.807, 2.05) is 0 Å². The number of fused-ring (bicyclic) bond motifs is 1. The molecular formula is C12H10ClNO4. The molecule has 0 spiro atoms. The third kappa shape index (κ3) is 1.97. The van der Waals surface area contributed by atoms with Crippen LogP contribution in [0.3, 0.4) is 0 Å². The molecule has 1 aromatic carbocycles. The Balaban J connectivity index is 2.36. The summed E-state index contributed by atoms with van der Waals surface area (Å²) in [6.45, 7) is 1.53. The zero-order chi connectivity index (χ0) is 13.4. The van der Waals surface area contributed by atoms with Gasteiger partial charge in [0, 0.05) is 11.1 Å². The van der Waals surface area contributed by atoms with Crippen LogP contribution in [0.4, 0.5) is 0 Å². The summed E-state index contributed by atoms with van der Waals surface area (Å²) in [7, 11) is 0. The fraction of sp³-hybridized carbons (Fsp3) is 0.250. The molecule has 2 rings (SSSR count). The second kappa shape index (κ2) is 4.42. The van der Waals surface area contributed by atoms with Crippen molar-refractivity contribution in [2.75, 3.05) is 0 Å². The molecule has 0 aromatic heterocycles. The van der Waals surface area contributed by atoms with Gasteiger partial charge in [0.15, 0.2) is 0 Å². The number of halogens is 1. The van der Waals surface area contributed by atoms with E-state index in [0.29, 0.717) is 5.02 Å². The molecule has 18 heavy (non-hydrogen) atoms. The molecule has 1 aliphatic rings. The number of nitrogens with zero attached hydrogens (tertiary/aromatic N) is 1. The van der Waals surface area contributed by atoms with E-state index in [4.69, 9.17) is 16.7 Å². The molecule has 0 saturated carbocycles. The molecular weight excluding hydrogens is 258 g/mol. The number of carboxylic acids is 1. The van der Waals surface area contributed by atoms with Gasteiger partial charge < -0.3 is 5.11 Å². The summed E-state index contributed by atoms with van der Waals surface area (Å²) in [4.78, 5) is 35.7. The van der Waals surface area contributed by atoms with Crippen molar-refractivity contribution < 1.29 is 19.5 Å². The van der Waals surface area contributed by atoms with Crippen LogP contribution in [-0.4, -0.2) is 33.8 Å². The van der Waals surface area contributed by atoms with Crippen molar-refractivity contribution in [1.82, 2.24) is 4.90 Å². The highest BCUT2D eigenvalue weighted by molar-refractivity contribution is 6.32. The number of carboxylic acid groups (broad SMARTS) is 1. The first-order chi connectivity index (χ1) is 8.41. The molecule has 0 fully saturated rings. The Hall–Kier alpha value is -1.88. The Morgan fingerprint density at radius 2 is 1.94 bits per heavy atom. The zero-order valence-electron chi connectivity index (χ0n) is 9.51. The van der Waals surface area contributed by atoms with Crippen LogP contribution in [0.2, 0.25) is 5.02 Å². The van der Waals surface area contributed by atoms with E-state index in [2.05, 4.69) is 0 Å². The summed E-state index contributed by atoms with van der Waals surface area (Å²) in [6, 6.07) is 3.74. The maximum atomic E-state index is 12.0. The summed E-state index contributed by atoms with van der Waals surface area (Å²) >= 11 is 5.77. The van der Waals surface area contributed by atoms with E-state index >= 15 is 0 Å². The predicted octanol–water partition coefficient (Wildman–Crippen LogP) is 1.80. The maximum Gasteiger partial charge on any atom is 0.305 e. The standard InChI is InChI=1S/C12H10ClNO4/c1-6(4-10(15)16)14-11(17)8-3-2-7(13)5-9(8)12(14)18/h2-3,5-6H,4H2,1H3,(H,15,16). The zero-order valence-corrected chi connectivity index (χ0v) is 10.3. The minimum atomic E-state index is -1.06. The third-order valence-electron chi connectivity index (χ3n) is 2.79. The molecule has 0 bridgehead atoms. The number of amides is 2. The summed E-state index contributed by atoms with van der Waals surface area (Å²) < 4.78 is 0. The molecule has 1 N–H and O–H groups in total. The Morgan fingerprint density at radius 3 is 2.56 bits per heavy atom. The highest BCUT2D eigenvalue weighted by Gasteiger charge is 2.38. The van der Waals surface area contributed by atoms with Crippen molar-refractivity contribution in [3.05, 3.63) is 34.3 Å². The van der Waals surface area contributed by atoms with Crippen LogP contribution < -0.4 is 0 Å². The quantitative estimate of drug-likeness (QED) is 0.848. The molecule has 6 heteroatoms. The SMILES string of the molecule is CC(CC(=O)O)N1C(=O)c2ccc(Cl)cc2C1=O. The van der Waals surface area contributed by atoms with Gasteiger partial charge in [-0.05, 0) is 25.1 Å². The van der Waals surface area contributed by atoms with Gasteiger partial charge in [0.1, 0.15) is 0 Å². The molecule has 0 aliphatic carbocycles. The van der Waals surface area contributed by atoms with E-state index < -0.39 is 23.8 Å². The number of aliphatic carboxylic acids is 1. The summed E-state index contributed by atoms with van der Waals surface area (Å²) in [5, 5.41) is 9.07. The van der Waals surface area contributed by atoms with Crippen molar-refractivity contribution in [3.63, 3.8) is 0 Å². The second-order valence-electron chi connectivity index (χ2n) is 4.12. The first-order valence-electron chi connectivity index (χ1n) is 5.31. The van der Waals surface area contributed by atoms with Crippen molar-refractivity contribution in [3.8, 4) is 0 Å². The van der Waals surface area contributed by atoms with Crippen LogP contribution in [0.1, 0.15) is 34.1 Å². The molecule has 2 amide bonds. The summed E-state index contributed by atoms with van der Waals surface area (Å²) in [5.74, 6) is -2.02. The van der Waals surface area contributed by atoms with Gasteiger partial charge in [-0.15, -0.1) is 0 Å². The first kappa shape index (κ1) is 12.6. The summed E-state index contributed by atoms with van der Waals surface area (Å²) in [5.41, 5.74) is 0.492. The number of carbonyl (C=O) groups excluding carboxylic acids is 2. The van der Waals surface area contributed by atoms with E-state index in [1.165, 1.54) is 25.1 Å². The van der Waals surface area contributed by atoms with Gasteiger partial charge in [-0.1, -0.05) is 11.6 Å². The number of carbonyl (C=O) groups is 3. The lowest BCUT2D eigenvalue weighted by Gasteiger charge is -2.20. The average Bonchev–Trinajstić information content (AvgIpc) is 2.50. The molecule has 1 aromatic rings. The number of hydrogen-bond donors (Lipinski definition) is 1. The Kier molecular flexibility index (Phi) is 3.09. The van der Waals surface area contributed by atoms with Crippen LogP contribution in [0, 0.1) is 0 Å². The Bertz CT molecular complexity index is 555. The lowest BCUT2D eigenvalue weighted by Crippen LogP contribution is -2.39. The molecule has 94 valence electrons. The summed E-state index contributed by atoms with van der Waals surface area (Å²) in [6.07, 6.45) is -0.279. The number of imide groups is 1. The highest BCUT2D eigenvalue weighted by atomic mass is 35.5. The van der Waals surface area contributed by atoms with E-state index in [0.717, 1.165) is 4.90 Å². The number of benzene rings is 1.